The SMILES string of the molecule is Cc1ccc(F)c(C2CCCN2C(=O)CC2(O)CCCN(C)C2)c1F. The van der Waals surface area contributed by atoms with E-state index in [0.29, 0.717) is 37.9 Å². The maximum Gasteiger partial charge on any atom is 0.226 e. The Labute approximate surface area is 147 Å². The number of amides is 1. The minimum atomic E-state index is -1.05. The molecule has 2 saturated heterocycles. The summed E-state index contributed by atoms with van der Waals surface area (Å²) in [5.74, 6) is -1.40. The monoisotopic (exact) mass is 352 g/mol. The van der Waals surface area contributed by atoms with Crippen LogP contribution in [0.25, 0.3) is 0 Å². The highest BCUT2D eigenvalue weighted by Crippen LogP contribution is 2.37. The number of β-amino-alcohol motifs (C(OH)–C–C–N with tert-alkyl or cyclic N) is 1. The fourth-order valence-corrected chi connectivity index (χ4v) is 4.22. The lowest BCUT2D eigenvalue weighted by Gasteiger charge is -2.38. The van der Waals surface area contributed by atoms with Crippen molar-refractivity contribution in [3.05, 3.63) is 34.9 Å². The molecule has 2 heterocycles. The molecule has 3 rings (SSSR count). The Bertz CT molecular complexity index is 667. The lowest BCUT2D eigenvalue weighted by atomic mass is 9.89. The standard InChI is InChI=1S/C19H26F2N2O2/c1-13-6-7-14(20)17(18(13)21)15-5-3-10-23(15)16(24)11-19(25)8-4-9-22(2)12-19/h6-7,15,25H,3-5,8-12H2,1-2H3. The van der Waals surface area contributed by atoms with Crippen LogP contribution in [0.4, 0.5) is 8.78 Å². The minimum Gasteiger partial charge on any atom is -0.388 e. The third-order valence-electron chi connectivity index (χ3n) is 5.45. The third-order valence-corrected chi connectivity index (χ3v) is 5.45. The van der Waals surface area contributed by atoms with Crippen molar-refractivity contribution in [2.75, 3.05) is 26.7 Å². The molecule has 1 aromatic carbocycles. The molecule has 0 aliphatic carbocycles. The smallest absolute Gasteiger partial charge is 0.226 e. The van der Waals surface area contributed by atoms with E-state index in [1.165, 1.54) is 12.1 Å². The zero-order valence-corrected chi connectivity index (χ0v) is 14.9. The van der Waals surface area contributed by atoms with Gasteiger partial charge in [-0.15, -0.1) is 0 Å². The molecule has 2 aliphatic heterocycles. The number of hydrogen-bond acceptors (Lipinski definition) is 3. The molecule has 2 aliphatic rings. The zero-order valence-electron chi connectivity index (χ0n) is 14.9. The van der Waals surface area contributed by atoms with Gasteiger partial charge < -0.3 is 14.9 Å². The van der Waals surface area contributed by atoms with Crippen molar-refractivity contribution in [2.45, 2.75) is 50.7 Å². The first-order valence-corrected chi connectivity index (χ1v) is 8.96. The first-order valence-electron chi connectivity index (χ1n) is 8.96. The molecular weight excluding hydrogens is 326 g/mol. The number of halogens is 2. The Hall–Kier alpha value is -1.53. The lowest BCUT2D eigenvalue weighted by molar-refractivity contribution is -0.139. The summed E-state index contributed by atoms with van der Waals surface area (Å²) in [7, 11) is 1.92. The van der Waals surface area contributed by atoms with Crippen LogP contribution in [0.5, 0.6) is 0 Å². The molecule has 0 aromatic heterocycles. The molecule has 2 atom stereocenters. The molecule has 6 heteroatoms. The second-order valence-corrected chi connectivity index (χ2v) is 7.58. The summed E-state index contributed by atoms with van der Waals surface area (Å²) in [6.07, 6.45) is 2.67. The second-order valence-electron chi connectivity index (χ2n) is 7.58. The van der Waals surface area contributed by atoms with E-state index in [4.69, 9.17) is 0 Å². The number of benzene rings is 1. The van der Waals surface area contributed by atoms with E-state index in [1.807, 2.05) is 11.9 Å². The molecular formula is C19H26F2N2O2. The number of aryl methyl sites for hydroxylation is 1. The molecule has 4 nitrogen and oxygen atoms in total. The van der Waals surface area contributed by atoms with Gasteiger partial charge in [-0.05, 0) is 57.8 Å². The number of rotatable bonds is 3. The Morgan fingerprint density at radius 1 is 1.32 bits per heavy atom. The van der Waals surface area contributed by atoms with E-state index in [-0.39, 0.29) is 17.9 Å². The van der Waals surface area contributed by atoms with Crippen LogP contribution in [0.15, 0.2) is 12.1 Å². The van der Waals surface area contributed by atoms with Crippen LogP contribution in [-0.2, 0) is 4.79 Å². The summed E-state index contributed by atoms with van der Waals surface area (Å²) < 4.78 is 28.8. The van der Waals surface area contributed by atoms with Crippen molar-refractivity contribution in [3.8, 4) is 0 Å². The van der Waals surface area contributed by atoms with Crippen molar-refractivity contribution in [1.82, 2.24) is 9.80 Å². The number of likely N-dealkylation sites (tertiary alicyclic amines) is 2. The van der Waals surface area contributed by atoms with Crippen molar-refractivity contribution >= 4 is 5.91 Å². The Morgan fingerprint density at radius 2 is 2.08 bits per heavy atom. The number of likely N-dealkylation sites (N-methyl/N-ethyl adjacent to an activating group) is 1. The fourth-order valence-electron chi connectivity index (χ4n) is 4.22. The Balaban J connectivity index is 1.80. The van der Waals surface area contributed by atoms with E-state index in [9.17, 15) is 18.7 Å². The number of nitrogens with zero attached hydrogens (tertiary/aromatic N) is 2. The van der Waals surface area contributed by atoms with Gasteiger partial charge in [0.1, 0.15) is 11.6 Å². The van der Waals surface area contributed by atoms with Gasteiger partial charge in [0.15, 0.2) is 0 Å². The molecule has 0 spiro atoms. The molecule has 1 amide bonds. The van der Waals surface area contributed by atoms with Crippen LogP contribution in [0.2, 0.25) is 0 Å². The van der Waals surface area contributed by atoms with E-state index in [0.717, 1.165) is 13.0 Å². The van der Waals surface area contributed by atoms with Gasteiger partial charge in [0.2, 0.25) is 5.91 Å². The molecule has 0 saturated carbocycles. The van der Waals surface area contributed by atoms with E-state index in [1.54, 1.807) is 11.8 Å². The highest BCUT2D eigenvalue weighted by atomic mass is 19.1. The summed E-state index contributed by atoms with van der Waals surface area (Å²) in [5.41, 5.74) is -0.692. The van der Waals surface area contributed by atoms with Crippen LogP contribution < -0.4 is 0 Å². The van der Waals surface area contributed by atoms with Crippen LogP contribution in [0, 0.1) is 18.6 Å². The van der Waals surface area contributed by atoms with Gasteiger partial charge in [0, 0.05) is 18.7 Å². The molecule has 0 radical (unpaired) electrons. The van der Waals surface area contributed by atoms with Gasteiger partial charge in [-0.3, -0.25) is 4.79 Å². The molecule has 2 fully saturated rings. The van der Waals surface area contributed by atoms with Crippen molar-refractivity contribution in [2.24, 2.45) is 0 Å². The molecule has 25 heavy (non-hydrogen) atoms. The van der Waals surface area contributed by atoms with Gasteiger partial charge in [0.25, 0.3) is 0 Å². The van der Waals surface area contributed by atoms with Gasteiger partial charge in [-0.1, -0.05) is 6.07 Å². The molecule has 1 N–H and O–H groups in total. The lowest BCUT2D eigenvalue weighted by Crippen LogP contribution is -2.49. The van der Waals surface area contributed by atoms with Gasteiger partial charge in [0.05, 0.1) is 18.1 Å². The Kier molecular flexibility index (Phi) is 5.11. The van der Waals surface area contributed by atoms with E-state index >= 15 is 0 Å². The summed E-state index contributed by atoms with van der Waals surface area (Å²) >= 11 is 0. The van der Waals surface area contributed by atoms with Gasteiger partial charge in [-0.2, -0.15) is 0 Å². The normalized spacial score (nSPS) is 27.7. The Morgan fingerprint density at radius 3 is 2.80 bits per heavy atom. The molecule has 1 aromatic rings. The fraction of sp³-hybridized carbons (Fsp3) is 0.632. The van der Waals surface area contributed by atoms with Crippen molar-refractivity contribution in [3.63, 3.8) is 0 Å². The topological polar surface area (TPSA) is 43.8 Å². The summed E-state index contributed by atoms with van der Waals surface area (Å²) in [5, 5.41) is 10.7. The quantitative estimate of drug-likeness (QED) is 0.910. The first kappa shape index (κ1) is 18.3. The second kappa shape index (κ2) is 7.00. The summed E-state index contributed by atoms with van der Waals surface area (Å²) in [4.78, 5) is 16.4. The maximum absolute atomic E-state index is 14.5. The highest BCUT2D eigenvalue weighted by molar-refractivity contribution is 5.78. The van der Waals surface area contributed by atoms with Gasteiger partial charge in [-0.25, -0.2) is 8.78 Å². The first-order chi connectivity index (χ1) is 11.8. The number of piperidine rings is 1. The largest absolute Gasteiger partial charge is 0.388 e. The van der Waals surface area contributed by atoms with E-state index in [2.05, 4.69) is 0 Å². The number of carbonyl (C=O) groups excluding carboxylic acids is 1. The highest BCUT2D eigenvalue weighted by Gasteiger charge is 2.39. The molecule has 0 bridgehead atoms. The number of aliphatic hydroxyl groups is 1. The van der Waals surface area contributed by atoms with Crippen LogP contribution in [0.3, 0.4) is 0 Å². The number of hydrogen-bond donors (Lipinski definition) is 1. The van der Waals surface area contributed by atoms with Crippen LogP contribution in [-0.4, -0.2) is 53.1 Å². The zero-order chi connectivity index (χ0) is 18.2. The third kappa shape index (κ3) is 3.70. The summed E-state index contributed by atoms with van der Waals surface area (Å²) in [6.45, 7) is 3.43. The van der Waals surface area contributed by atoms with Crippen LogP contribution in [0.1, 0.15) is 49.3 Å². The number of carbonyl (C=O) groups is 1. The molecule has 138 valence electrons. The molecule has 2 unspecified atom stereocenters. The maximum atomic E-state index is 14.5. The minimum absolute atomic E-state index is 0.00287. The predicted molar refractivity (Wildman–Crippen MR) is 91.1 cm³/mol. The average Bonchev–Trinajstić information content (AvgIpc) is 3.00. The van der Waals surface area contributed by atoms with E-state index < -0.39 is 23.3 Å². The average molecular weight is 352 g/mol. The van der Waals surface area contributed by atoms with Gasteiger partial charge >= 0.3 is 0 Å². The summed E-state index contributed by atoms with van der Waals surface area (Å²) in [6, 6.07) is 2.09. The van der Waals surface area contributed by atoms with Crippen LogP contribution >= 0.6 is 0 Å². The predicted octanol–water partition coefficient (Wildman–Crippen LogP) is 2.78. The van der Waals surface area contributed by atoms with Crippen molar-refractivity contribution in [1.29, 1.82) is 0 Å². The van der Waals surface area contributed by atoms with Crippen molar-refractivity contribution < 1.29 is 18.7 Å².